The SMILES string of the molecule is C=Cc1c(C)c2[nH]c1cc1nc(cc3[nH]c4c(c3C)C(=O)[C@H](C(=O)OC)c4c3nc(c2C)C=C3CCC(=O)C(C)(C)C)C(CC)=C1C. The molecule has 0 unspecified atom stereocenters. The van der Waals surface area contributed by atoms with Crippen molar-refractivity contribution in [2.24, 2.45) is 5.41 Å². The maximum atomic E-state index is 14.1. The van der Waals surface area contributed by atoms with E-state index in [-0.39, 0.29) is 11.6 Å². The molecule has 0 saturated carbocycles. The number of carbonyl (C=O) groups excluding carboxylic acids is 3. The molecule has 242 valence electrons. The van der Waals surface area contributed by atoms with Crippen LogP contribution < -0.4 is 0 Å². The first kappa shape index (κ1) is 32.1. The van der Waals surface area contributed by atoms with Gasteiger partial charge < -0.3 is 14.7 Å². The first-order valence-electron chi connectivity index (χ1n) is 16.2. The molecule has 8 nitrogen and oxygen atoms in total. The monoisotopic (exact) mass is 630 g/mol. The molecule has 0 radical (unpaired) electrons. The second kappa shape index (κ2) is 11.4. The Morgan fingerprint density at radius 2 is 1.66 bits per heavy atom. The van der Waals surface area contributed by atoms with Gasteiger partial charge in [0, 0.05) is 45.1 Å². The number of allylic oxidation sites excluding steroid dienone is 3. The highest BCUT2D eigenvalue weighted by Gasteiger charge is 2.43. The Morgan fingerprint density at radius 1 is 0.979 bits per heavy atom. The molecule has 1 atom stereocenters. The van der Waals surface area contributed by atoms with Crippen LogP contribution in [0, 0.1) is 26.2 Å². The van der Waals surface area contributed by atoms with Crippen molar-refractivity contribution in [3.05, 3.63) is 74.9 Å². The molecule has 47 heavy (non-hydrogen) atoms. The van der Waals surface area contributed by atoms with Crippen molar-refractivity contribution in [3.63, 3.8) is 0 Å². The lowest BCUT2D eigenvalue weighted by molar-refractivity contribution is -0.141. The van der Waals surface area contributed by atoms with E-state index in [1.54, 1.807) is 0 Å². The summed E-state index contributed by atoms with van der Waals surface area (Å²) >= 11 is 0. The molecule has 8 heteroatoms. The summed E-state index contributed by atoms with van der Waals surface area (Å²) in [5.74, 6) is -2.02. The number of aromatic nitrogens is 4. The molecule has 0 spiro atoms. The predicted octanol–water partition coefficient (Wildman–Crippen LogP) is 8.61. The zero-order valence-electron chi connectivity index (χ0n) is 28.7. The van der Waals surface area contributed by atoms with E-state index in [9.17, 15) is 14.4 Å². The number of H-pyrrole nitrogens is 2. The van der Waals surface area contributed by atoms with Crippen molar-refractivity contribution < 1.29 is 19.1 Å². The third-order valence-electron chi connectivity index (χ3n) is 9.95. The standard InChI is InChI=1S/C39H42N4O4/c1-11-23-18(3)26-16-29-24(12-2)19(4)34(43-29)21(6)25-15-22(13-14-30(44)39(7,8)9)35(41-25)32-33(38(46)47-10)37(45)31-20(5)27(42-36(31)32)17-28(23)40-26/h12,15-17,33,42-43H,2,11,13-14H2,1,3-10H3/t33-/m1/s1. The first-order chi connectivity index (χ1) is 22.2. The Hall–Kier alpha value is -4.85. The van der Waals surface area contributed by atoms with Gasteiger partial charge in [-0.25, -0.2) is 9.97 Å². The molecule has 2 aliphatic heterocycles. The van der Waals surface area contributed by atoms with Crippen LogP contribution in [-0.4, -0.2) is 44.6 Å². The number of methoxy groups -OCH3 is 1. The van der Waals surface area contributed by atoms with Crippen molar-refractivity contribution in [1.29, 1.82) is 0 Å². The highest BCUT2D eigenvalue weighted by molar-refractivity contribution is 6.24. The van der Waals surface area contributed by atoms with E-state index in [2.05, 4.69) is 43.4 Å². The fraction of sp³-hybridized carbons (Fsp3) is 0.359. The van der Waals surface area contributed by atoms with E-state index >= 15 is 0 Å². The van der Waals surface area contributed by atoms with Crippen LogP contribution in [0.5, 0.6) is 0 Å². The van der Waals surface area contributed by atoms with Crippen LogP contribution in [0.25, 0.3) is 50.9 Å². The number of nitrogens with zero attached hydrogens (tertiary/aromatic N) is 2. The first-order valence-corrected chi connectivity index (χ1v) is 16.2. The summed E-state index contributed by atoms with van der Waals surface area (Å²) in [4.78, 5) is 57.9. The highest BCUT2D eigenvalue weighted by Crippen LogP contribution is 2.44. The van der Waals surface area contributed by atoms with E-state index in [1.807, 2.05) is 52.8 Å². The van der Waals surface area contributed by atoms with Gasteiger partial charge in [0.1, 0.15) is 11.7 Å². The van der Waals surface area contributed by atoms with E-state index in [1.165, 1.54) is 7.11 Å². The number of ketones is 2. The summed E-state index contributed by atoms with van der Waals surface area (Å²) in [7, 11) is 1.29. The smallest absolute Gasteiger partial charge is 0.321 e. The van der Waals surface area contributed by atoms with Crippen molar-refractivity contribution in [2.75, 3.05) is 7.11 Å². The second-order valence-electron chi connectivity index (χ2n) is 13.7. The second-order valence-corrected chi connectivity index (χ2v) is 13.7. The van der Waals surface area contributed by atoms with Gasteiger partial charge in [-0.15, -0.1) is 0 Å². The average Bonchev–Trinajstić information content (AvgIpc) is 3.80. The summed E-state index contributed by atoms with van der Waals surface area (Å²) in [5.41, 5.74) is 13.1. The fourth-order valence-corrected chi connectivity index (χ4v) is 7.10. The molecule has 3 aromatic rings. The number of aryl methyl sites for hydroxylation is 3. The van der Waals surface area contributed by atoms with Crippen LogP contribution in [0.4, 0.5) is 0 Å². The third kappa shape index (κ3) is 5.01. The van der Waals surface area contributed by atoms with Crippen LogP contribution in [0.15, 0.2) is 18.7 Å². The molecule has 3 aromatic heterocycles. The van der Waals surface area contributed by atoms with Gasteiger partial charge in [0.15, 0.2) is 5.78 Å². The summed E-state index contributed by atoms with van der Waals surface area (Å²) in [5, 5.41) is 0. The maximum absolute atomic E-state index is 14.1. The Kier molecular flexibility index (Phi) is 7.81. The van der Waals surface area contributed by atoms with Gasteiger partial charge in [-0.05, 0) is 92.2 Å². The molecule has 5 heterocycles. The minimum Gasteiger partial charge on any atom is -0.468 e. The molecule has 0 fully saturated rings. The van der Waals surface area contributed by atoms with Gasteiger partial charge >= 0.3 is 5.97 Å². The molecule has 8 bridgehead atoms. The van der Waals surface area contributed by atoms with Crippen molar-refractivity contribution in [2.45, 2.75) is 80.6 Å². The molecule has 1 aliphatic carbocycles. The molecule has 0 amide bonds. The zero-order valence-corrected chi connectivity index (χ0v) is 28.7. The van der Waals surface area contributed by atoms with Crippen LogP contribution in [-0.2, 0) is 14.3 Å². The summed E-state index contributed by atoms with van der Waals surface area (Å²) in [6, 6.07) is 4.06. The molecule has 2 N–H and O–H groups in total. The molecule has 3 aliphatic rings. The largest absolute Gasteiger partial charge is 0.468 e. The number of aromatic amines is 2. The number of fused-ring (bicyclic) bond motifs is 8. The molecular weight excluding hydrogens is 588 g/mol. The Balaban J connectivity index is 1.79. The number of carbonyl (C=O) groups is 3. The van der Waals surface area contributed by atoms with Crippen LogP contribution in [0.3, 0.4) is 0 Å². The van der Waals surface area contributed by atoms with E-state index in [0.717, 1.165) is 73.3 Å². The van der Waals surface area contributed by atoms with Crippen molar-refractivity contribution in [3.8, 4) is 0 Å². The minimum absolute atomic E-state index is 0.120. The quantitative estimate of drug-likeness (QED) is 0.208. The minimum atomic E-state index is -1.18. The van der Waals surface area contributed by atoms with Gasteiger partial charge in [-0.3, -0.25) is 14.4 Å². The van der Waals surface area contributed by atoms with Crippen LogP contribution in [0.1, 0.15) is 121 Å². The molecular formula is C39H42N4O4. The van der Waals surface area contributed by atoms with Crippen LogP contribution in [0.2, 0.25) is 0 Å². The topological polar surface area (TPSA) is 118 Å². The average molecular weight is 631 g/mol. The number of nitrogens with one attached hydrogen (secondary N) is 2. The predicted molar refractivity (Wildman–Crippen MR) is 189 cm³/mol. The van der Waals surface area contributed by atoms with E-state index in [0.29, 0.717) is 40.9 Å². The maximum Gasteiger partial charge on any atom is 0.321 e. The lowest BCUT2D eigenvalue weighted by atomic mass is 9.86. The van der Waals surface area contributed by atoms with Crippen molar-refractivity contribution >= 4 is 68.5 Å². The fourth-order valence-electron chi connectivity index (χ4n) is 7.10. The highest BCUT2D eigenvalue weighted by atomic mass is 16.5. The Bertz CT molecular complexity index is 2160. The van der Waals surface area contributed by atoms with Gasteiger partial charge in [-0.2, -0.15) is 0 Å². The van der Waals surface area contributed by atoms with E-state index in [4.69, 9.17) is 14.7 Å². The van der Waals surface area contributed by atoms with Crippen molar-refractivity contribution in [1.82, 2.24) is 19.9 Å². The molecule has 0 aromatic carbocycles. The number of esters is 1. The number of rotatable bonds is 6. The van der Waals surface area contributed by atoms with Gasteiger partial charge in [0.25, 0.3) is 0 Å². The molecule has 0 saturated heterocycles. The van der Waals surface area contributed by atoms with Gasteiger partial charge in [0.05, 0.1) is 35.4 Å². The molecule has 6 rings (SSSR count). The summed E-state index contributed by atoms with van der Waals surface area (Å²) < 4.78 is 5.20. The summed E-state index contributed by atoms with van der Waals surface area (Å²) in [6.07, 6.45) is 5.33. The normalized spacial score (nSPS) is 15.7. The van der Waals surface area contributed by atoms with Gasteiger partial charge in [0.2, 0.25) is 0 Å². The van der Waals surface area contributed by atoms with Gasteiger partial charge in [-0.1, -0.05) is 40.3 Å². The third-order valence-corrected chi connectivity index (χ3v) is 9.95. The number of ether oxygens (including phenoxy) is 1. The van der Waals surface area contributed by atoms with E-state index < -0.39 is 17.3 Å². The number of hydrogen-bond acceptors (Lipinski definition) is 6. The number of Topliss-reactive ketones (excluding diaryl/α,β-unsaturated/α-hetero) is 2. The lowest BCUT2D eigenvalue weighted by Crippen LogP contribution is -2.21. The Labute approximate surface area is 275 Å². The Morgan fingerprint density at radius 3 is 2.30 bits per heavy atom. The van der Waals surface area contributed by atoms with Crippen LogP contribution >= 0.6 is 0 Å². The lowest BCUT2D eigenvalue weighted by Gasteiger charge is -2.17. The number of hydrogen-bond donors (Lipinski definition) is 2. The summed E-state index contributed by atoms with van der Waals surface area (Å²) in [6.45, 7) is 20.0. The zero-order chi connectivity index (χ0) is 34.1.